The van der Waals surface area contributed by atoms with Crippen molar-refractivity contribution in [3.63, 3.8) is 0 Å². The molecule has 1 aromatic carbocycles. The minimum Gasteiger partial charge on any atom is -0.496 e. The summed E-state index contributed by atoms with van der Waals surface area (Å²) in [6.07, 6.45) is 1.79. The van der Waals surface area contributed by atoms with Gasteiger partial charge in [0.1, 0.15) is 5.75 Å². The van der Waals surface area contributed by atoms with Crippen molar-refractivity contribution in [2.24, 2.45) is 0 Å². The molecule has 0 atom stereocenters. The predicted octanol–water partition coefficient (Wildman–Crippen LogP) is 2.85. The van der Waals surface area contributed by atoms with Gasteiger partial charge in [0.25, 0.3) is 0 Å². The Balaban J connectivity index is 2.91. The maximum atomic E-state index is 9.15. The average molecular weight is 265 g/mol. The Morgan fingerprint density at radius 1 is 1.32 bits per heavy atom. The summed E-state index contributed by atoms with van der Waals surface area (Å²) < 4.78 is 5.44. The fourth-order valence-electron chi connectivity index (χ4n) is 2.11. The summed E-state index contributed by atoms with van der Waals surface area (Å²) in [5.74, 6) is 0.934. The number of benzene rings is 1. The predicted molar refractivity (Wildman–Crippen MR) is 79.6 cm³/mol. The van der Waals surface area contributed by atoms with E-state index in [2.05, 4.69) is 44.9 Å². The minimum atomic E-state index is -0.0258. The van der Waals surface area contributed by atoms with Gasteiger partial charge in [0.2, 0.25) is 0 Å². The maximum absolute atomic E-state index is 9.15. The molecule has 0 radical (unpaired) electrons. The molecule has 19 heavy (non-hydrogen) atoms. The highest BCUT2D eigenvalue weighted by Crippen LogP contribution is 2.25. The smallest absolute Gasteiger partial charge is 0.123 e. The number of rotatable bonds is 7. The van der Waals surface area contributed by atoms with Crippen LogP contribution in [-0.2, 0) is 13.0 Å². The standard InChI is InChI=1S/C16H27NO2/c1-6-13-7-8-15(19-5)14(11-13)12-17(4)16(2,3)9-10-18/h7-8,11,18H,6,9-10,12H2,1-5H3. The van der Waals surface area contributed by atoms with Crippen LogP contribution in [0.4, 0.5) is 0 Å². The molecule has 0 aliphatic heterocycles. The van der Waals surface area contributed by atoms with Crippen molar-refractivity contribution in [3.8, 4) is 5.75 Å². The molecule has 108 valence electrons. The summed E-state index contributed by atoms with van der Waals surface area (Å²) in [6, 6.07) is 6.37. The molecule has 0 aliphatic rings. The first kappa shape index (κ1) is 16.0. The van der Waals surface area contributed by atoms with Crippen LogP contribution in [0.5, 0.6) is 5.75 Å². The van der Waals surface area contributed by atoms with Gasteiger partial charge in [-0.05, 0) is 45.4 Å². The Hall–Kier alpha value is -1.06. The first-order chi connectivity index (χ1) is 8.94. The Morgan fingerprint density at radius 3 is 2.53 bits per heavy atom. The number of ether oxygens (including phenoxy) is 1. The van der Waals surface area contributed by atoms with Crippen LogP contribution in [-0.4, -0.2) is 36.3 Å². The second-order valence-corrected chi connectivity index (χ2v) is 5.64. The van der Waals surface area contributed by atoms with Crippen LogP contribution in [0, 0.1) is 0 Å². The quantitative estimate of drug-likeness (QED) is 0.823. The average Bonchev–Trinajstić information content (AvgIpc) is 2.38. The van der Waals surface area contributed by atoms with Gasteiger partial charge in [-0.25, -0.2) is 0 Å². The highest BCUT2D eigenvalue weighted by molar-refractivity contribution is 5.37. The van der Waals surface area contributed by atoms with E-state index in [1.165, 1.54) is 11.1 Å². The molecular formula is C16H27NO2. The first-order valence-corrected chi connectivity index (χ1v) is 6.92. The zero-order valence-corrected chi connectivity index (χ0v) is 12.9. The van der Waals surface area contributed by atoms with E-state index < -0.39 is 0 Å². The molecule has 0 bridgehead atoms. The molecule has 0 saturated carbocycles. The van der Waals surface area contributed by atoms with Gasteiger partial charge < -0.3 is 9.84 Å². The van der Waals surface area contributed by atoms with E-state index in [0.29, 0.717) is 0 Å². The number of aliphatic hydroxyl groups is 1. The zero-order chi connectivity index (χ0) is 14.5. The van der Waals surface area contributed by atoms with E-state index >= 15 is 0 Å². The van der Waals surface area contributed by atoms with Crippen LogP contribution in [0.2, 0.25) is 0 Å². The number of nitrogens with zero attached hydrogens (tertiary/aromatic N) is 1. The Kier molecular flexibility index (Phi) is 5.83. The van der Waals surface area contributed by atoms with Gasteiger partial charge in [-0.15, -0.1) is 0 Å². The molecule has 0 aliphatic carbocycles. The SMILES string of the molecule is CCc1ccc(OC)c(CN(C)C(C)(C)CCO)c1. The third-order valence-electron chi connectivity index (χ3n) is 3.92. The largest absolute Gasteiger partial charge is 0.496 e. The van der Waals surface area contributed by atoms with Crippen molar-refractivity contribution in [2.75, 3.05) is 20.8 Å². The lowest BCUT2D eigenvalue weighted by Gasteiger charge is -2.35. The third-order valence-corrected chi connectivity index (χ3v) is 3.92. The molecule has 3 heteroatoms. The summed E-state index contributed by atoms with van der Waals surface area (Å²) in [7, 11) is 3.80. The van der Waals surface area contributed by atoms with Gasteiger partial charge in [-0.1, -0.05) is 19.1 Å². The lowest BCUT2D eigenvalue weighted by atomic mass is 9.98. The molecule has 0 amide bonds. The highest BCUT2D eigenvalue weighted by atomic mass is 16.5. The van der Waals surface area contributed by atoms with Gasteiger partial charge >= 0.3 is 0 Å². The van der Waals surface area contributed by atoms with Gasteiger partial charge in [-0.2, -0.15) is 0 Å². The summed E-state index contributed by atoms with van der Waals surface area (Å²) >= 11 is 0. The second-order valence-electron chi connectivity index (χ2n) is 5.64. The Labute approximate surface area is 117 Å². The van der Waals surface area contributed by atoms with E-state index in [-0.39, 0.29) is 12.1 Å². The highest BCUT2D eigenvalue weighted by Gasteiger charge is 2.23. The van der Waals surface area contributed by atoms with E-state index in [9.17, 15) is 0 Å². The molecule has 1 N–H and O–H groups in total. The van der Waals surface area contributed by atoms with Gasteiger partial charge in [-0.3, -0.25) is 4.90 Å². The van der Waals surface area contributed by atoms with Crippen molar-refractivity contribution in [1.29, 1.82) is 0 Å². The lowest BCUT2D eigenvalue weighted by Crippen LogP contribution is -2.41. The lowest BCUT2D eigenvalue weighted by molar-refractivity contribution is 0.109. The molecule has 0 aromatic heterocycles. The maximum Gasteiger partial charge on any atom is 0.123 e. The van der Waals surface area contributed by atoms with Crippen LogP contribution in [0.15, 0.2) is 18.2 Å². The fourth-order valence-corrected chi connectivity index (χ4v) is 2.11. The summed E-state index contributed by atoms with van der Waals surface area (Å²) in [6.45, 7) is 7.50. The van der Waals surface area contributed by atoms with Crippen molar-refractivity contribution in [2.45, 2.75) is 45.7 Å². The van der Waals surface area contributed by atoms with E-state index in [4.69, 9.17) is 9.84 Å². The van der Waals surface area contributed by atoms with Gasteiger partial charge in [0.05, 0.1) is 7.11 Å². The van der Waals surface area contributed by atoms with Crippen molar-refractivity contribution in [3.05, 3.63) is 29.3 Å². The molecule has 1 aromatic rings. The number of hydrogen-bond donors (Lipinski definition) is 1. The van der Waals surface area contributed by atoms with Crippen LogP contribution < -0.4 is 4.74 Å². The van der Waals surface area contributed by atoms with Gasteiger partial charge in [0, 0.05) is 24.3 Å². The third kappa shape index (κ3) is 4.22. The molecule has 0 fully saturated rings. The topological polar surface area (TPSA) is 32.7 Å². The van der Waals surface area contributed by atoms with E-state index in [1.54, 1.807) is 7.11 Å². The number of methoxy groups -OCH3 is 1. The first-order valence-electron chi connectivity index (χ1n) is 6.92. The summed E-state index contributed by atoms with van der Waals surface area (Å²) in [4.78, 5) is 2.26. The number of aliphatic hydroxyl groups excluding tert-OH is 1. The molecule has 1 rings (SSSR count). The van der Waals surface area contributed by atoms with E-state index in [0.717, 1.165) is 25.1 Å². The summed E-state index contributed by atoms with van der Waals surface area (Å²) in [5.41, 5.74) is 2.50. The number of aryl methyl sites for hydroxylation is 1. The van der Waals surface area contributed by atoms with Crippen LogP contribution >= 0.6 is 0 Å². The number of hydrogen-bond acceptors (Lipinski definition) is 3. The van der Waals surface area contributed by atoms with Crippen molar-refractivity contribution < 1.29 is 9.84 Å². The fraction of sp³-hybridized carbons (Fsp3) is 0.625. The molecular weight excluding hydrogens is 238 g/mol. The van der Waals surface area contributed by atoms with Crippen LogP contribution in [0.3, 0.4) is 0 Å². The zero-order valence-electron chi connectivity index (χ0n) is 12.9. The molecule has 0 unspecified atom stereocenters. The molecule has 0 spiro atoms. The van der Waals surface area contributed by atoms with E-state index in [1.807, 2.05) is 6.07 Å². The van der Waals surface area contributed by atoms with Gasteiger partial charge in [0.15, 0.2) is 0 Å². The molecule has 0 heterocycles. The van der Waals surface area contributed by atoms with Crippen LogP contribution in [0.25, 0.3) is 0 Å². The minimum absolute atomic E-state index is 0.0258. The Bertz CT molecular complexity index is 402. The second kappa shape index (κ2) is 6.92. The monoisotopic (exact) mass is 265 g/mol. The van der Waals surface area contributed by atoms with Crippen LogP contribution in [0.1, 0.15) is 38.3 Å². The van der Waals surface area contributed by atoms with Crippen molar-refractivity contribution >= 4 is 0 Å². The normalized spacial score (nSPS) is 11.9. The molecule has 0 saturated heterocycles. The van der Waals surface area contributed by atoms with Crippen molar-refractivity contribution in [1.82, 2.24) is 4.90 Å². The molecule has 3 nitrogen and oxygen atoms in total. The Morgan fingerprint density at radius 2 is 2.00 bits per heavy atom. The summed E-state index contributed by atoms with van der Waals surface area (Å²) in [5, 5.41) is 9.15.